The fraction of sp³-hybridized carbons (Fsp3) is 0.500. The number of rotatable bonds is 6. The smallest absolute Gasteiger partial charge is 0.309 e. The van der Waals surface area contributed by atoms with Crippen LogP contribution in [0.4, 0.5) is 0 Å². The molecule has 0 N–H and O–H groups in total. The van der Waals surface area contributed by atoms with Crippen molar-refractivity contribution in [3.8, 4) is 5.69 Å². The van der Waals surface area contributed by atoms with Gasteiger partial charge in [-0.25, -0.2) is 4.98 Å². The number of esters is 1. The molecule has 1 fully saturated rings. The number of carbonyl (C=O) groups is 2. The lowest BCUT2D eigenvalue weighted by molar-refractivity contribution is -0.151. The summed E-state index contributed by atoms with van der Waals surface area (Å²) in [5.41, 5.74) is 3.44. The van der Waals surface area contributed by atoms with E-state index in [0.717, 1.165) is 10.8 Å². The molecule has 2 heterocycles. The van der Waals surface area contributed by atoms with Gasteiger partial charge in [-0.15, -0.1) is 0 Å². The normalized spacial score (nSPS) is 15.9. The average molecular weight is 416 g/mol. The summed E-state index contributed by atoms with van der Waals surface area (Å²) < 4.78 is 7.14. The van der Waals surface area contributed by atoms with Crippen LogP contribution in [0.25, 0.3) is 5.69 Å². The van der Waals surface area contributed by atoms with Crippen molar-refractivity contribution < 1.29 is 14.3 Å². The van der Waals surface area contributed by atoms with Gasteiger partial charge in [0.1, 0.15) is 0 Å². The second-order valence-corrected chi connectivity index (χ2v) is 8.85. The molecule has 156 valence electrons. The number of hydrogen-bond acceptors (Lipinski definition) is 5. The molecule has 1 amide bonds. The first-order valence-electron chi connectivity index (χ1n) is 10.1. The van der Waals surface area contributed by atoms with Crippen molar-refractivity contribution in [3.05, 3.63) is 41.7 Å². The molecular formula is C22H29N3O3S. The molecule has 3 rings (SSSR count). The Balaban J connectivity index is 1.63. The summed E-state index contributed by atoms with van der Waals surface area (Å²) in [4.78, 5) is 31.2. The minimum atomic E-state index is -0.249. The molecule has 0 spiro atoms. The van der Waals surface area contributed by atoms with Crippen LogP contribution >= 0.6 is 11.8 Å². The second-order valence-electron chi connectivity index (χ2n) is 7.54. The number of aryl methyl sites for hydroxylation is 2. The molecule has 0 radical (unpaired) electrons. The topological polar surface area (TPSA) is 64.4 Å². The van der Waals surface area contributed by atoms with Crippen LogP contribution in [-0.4, -0.2) is 51.3 Å². The van der Waals surface area contributed by atoms with E-state index in [4.69, 9.17) is 4.74 Å². The predicted molar refractivity (Wildman–Crippen MR) is 114 cm³/mol. The van der Waals surface area contributed by atoms with Crippen molar-refractivity contribution in [1.29, 1.82) is 0 Å². The van der Waals surface area contributed by atoms with Crippen LogP contribution < -0.4 is 0 Å². The fourth-order valence-corrected chi connectivity index (χ4v) is 4.69. The van der Waals surface area contributed by atoms with Crippen molar-refractivity contribution in [2.45, 2.75) is 50.9 Å². The molecule has 0 unspecified atom stereocenters. The van der Waals surface area contributed by atoms with Gasteiger partial charge >= 0.3 is 5.97 Å². The number of imidazole rings is 1. The van der Waals surface area contributed by atoms with Gasteiger partial charge in [0.2, 0.25) is 5.91 Å². The third-order valence-electron chi connectivity index (χ3n) is 5.15. The number of ether oxygens (including phenoxy) is 1. The van der Waals surface area contributed by atoms with Crippen molar-refractivity contribution >= 4 is 23.6 Å². The van der Waals surface area contributed by atoms with E-state index in [9.17, 15) is 9.59 Å². The van der Waals surface area contributed by atoms with Crippen LogP contribution in [0.5, 0.6) is 0 Å². The Morgan fingerprint density at radius 1 is 1.21 bits per heavy atom. The Bertz CT molecular complexity index is 852. The molecular weight excluding hydrogens is 386 g/mol. The van der Waals surface area contributed by atoms with E-state index < -0.39 is 0 Å². The Hall–Kier alpha value is -2.28. The predicted octanol–water partition coefficient (Wildman–Crippen LogP) is 3.77. The maximum atomic E-state index is 12.9. The van der Waals surface area contributed by atoms with E-state index in [-0.39, 0.29) is 23.0 Å². The van der Waals surface area contributed by atoms with Crippen LogP contribution in [0.3, 0.4) is 0 Å². The largest absolute Gasteiger partial charge is 0.466 e. The van der Waals surface area contributed by atoms with Gasteiger partial charge in [-0.3, -0.25) is 14.2 Å². The molecule has 7 heteroatoms. The van der Waals surface area contributed by atoms with Crippen molar-refractivity contribution in [1.82, 2.24) is 14.5 Å². The lowest BCUT2D eigenvalue weighted by atomic mass is 9.97. The summed E-state index contributed by atoms with van der Waals surface area (Å²) in [5.74, 6) is -0.143. The molecule has 1 aliphatic heterocycles. The number of piperidine rings is 1. The Morgan fingerprint density at radius 2 is 1.86 bits per heavy atom. The summed E-state index contributed by atoms with van der Waals surface area (Å²) in [5, 5.41) is 0.554. The average Bonchev–Trinajstić information content (AvgIpc) is 3.15. The quantitative estimate of drug-likeness (QED) is 0.531. The fourth-order valence-electron chi connectivity index (χ4n) is 3.72. The van der Waals surface area contributed by atoms with E-state index >= 15 is 0 Å². The maximum Gasteiger partial charge on any atom is 0.309 e. The number of hydrogen-bond donors (Lipinski definition) is 0. The van der Waals surface area contributed by atoms with E-state index in [2.05, 4.69) is 37.0 Å². The zero-order valence-electron chi connectivity index (χ0n) is 17.6. The molecule has 0 saturated carbocycles. The molecule has 0 bridgehead atoms. The summed E-state index contributed by atoms with van der Waals surface area (Å²) in [6, 6.07) is 6.37. The van der Waals surface area contributed by atoms with Gasteiger partial charge in [0, 0.05) is 31.2 Å². The van der Waals surface area contributed by atoms with Crippen LogP contribution in [0.1, 0.15) is 37.8 Å². The molecule has 1 aromatic heterocycles. The van der Waals surface area contributed by atoms with Crippen molar-refractivity contribution in [3.63, 3.8) is 0 Å². The molecule has 29 heavy (non-hydrogen) atoms. The van der Waals surface area contributed by atoms with E-state index in [1.807, 2.05) is 29.5 Å². The lowest BCUT2D eigenvalue weighted by Crippen LogP contribution is -2.43. The number of likely N-dealkylation sites (tertiary alicyclic amines) is 1. The van der Waals surface area contributed by atoms with Gasteiger partial charge in [0.15, 0.2) is 5.16 Å². The molecule has 1 aromatic carbocycles. The number of nitrogens with zero attached hydrogens (tertiary/aromatic N) is 3. The standard InChI is InChI=1S/C22H29N3O3S/c1-5-28-21(27)18-6-9-24(10-7-18)20(26)17(4)29-22-23-8-11-25(22)19-13-15(2)12-16(3)14-19/h8,11-14,17-18H,5-7,9-10H2,1-4H3/t17-/m0/s1. The Morgan fingerprint density at radius 3 is 2.48 bits per heavy atom. The molecule has 1 saturated heterocycles. The van der Waals surface area contributed by atoms with Crippen LogP contribution in [-0.2, 0) is 14.3 Å². The van der Waals surface area contributed by atoms with E-state index in [0.29, 0.717) is 32.5 Å². The monoisotopic (exact) mass is 415 g/mol. The zero-order valence-corrected chi connectivity index (χ0v) is 18.4. The molecule has 6 nitrogen and oxygen atoms in total. The van der Waals surface area contributed by atoms with E-state index in [1.165, 1.54) is 22.9 Å². The molecule has 1 atom stereocenters. The first kappa shape index (κ1) is 21.4. The molecule has 0 aliphatic carbocycles. The summed E-state index contributed by atoms with van der Waals surface area (Å²) in [6.45, 7) is 9.48. The van der Waals surface area contributed by atoms with Gasteiger partial charge in [-0.1, -0.05) is 17.8 Å². The van der Waals surface area contributed by atoms with Gasteiger partial charge in [0.05, 0.1) is 17.8 Å². The highest BCUT2D eigenvalue weighted by molar-refractivity contribution is 8.00. The highest BCUT2D eigenvalue weighted by atomic mass is 32.2. The summed E-state index contributed by atoms with van der Waals surface area (Å²) >= 11 is 1.47. The van der Waals surface area contributed by atoms with Gasteiger partial charge in [-0.05, 0) is 63.8 Å². The number of benzene rings is 1. The van der Waals surface area contributed by atoms with Gasteiger partial charge in [-0.2, -0.15) is 0 Å². The number of amides is 1. The third-order valence-corrected chi connectivity index (χ3v) is 6.22. The van der Waals surface area contributed by atoms with Crippen molar-refractivity contribution in [2.24, 2.45) is 5.92 Å². The van der Waals surface area contributed by atoms with Crippen LogP contribution in [0.15, 0.2) is 35.7 Å². The summed E-state index contributed by atoms with van der Waals surface area (Å²) in [7, 11) is 0. The van der Waals surface area contributed by atoms with E-state index in [1.54, 1.807) is 6.20 Å². The first-order chi connectivity index (χ1) is 13.9. The Labute approximate surface area is 176 Å². The molecule has 1 aliphatic rings. The Kier molecular flexibility index (Phi) is 7.00. The van der Waals surface area contributed by atoms with Gasteiger partial charge < -0.3 is 9.64 Å². The number of thioether (sulfide) groups is 1. The third kappa shape index (κ3) is 5.21. The first-order valence-corrected chi connectivity index (χ1v) is 11.0. The minimum absolute atomic E-state index is 0.0901. The number of carbonyl (C=O) groups excluding carboxylic acids is 2. The molecule has 2 aromatic rings. The zero-order chi connectivity index (χ0) is 21.0. The lowest BCUT2D eigenvalue weighted by Gasteiger charge is -2.32. The van der Waals surface area contributed by atoms with Crippen LogP contribution in [0, 0.1) is 19.8 Å². The maximum absolute atomic E-state index is 12.9. The summed E-state index contributed by atoms with van der Waals surface area (Å²) in [6.07, 6.45) is 5.03. The highest BCUT2D eigenvalue weighted by Gasteiger charge is 2.30. The number of aromatic nitrogens is 2. The highest BCUT2D eigenvalue weighted by Crippen LogP contribution is 2.28. The second kappa shape index (κ2) is 9.48. The minimum Gasteiger partial charge on any atom is -0.466 e. The van der Waals surface area contributed by atoms with Crippen molar-refractivity contribution in [2.75, 3.05) is 19.7 Å². The SMILES string of the molecule is CCOC(=O)C1CCN(C(=O)[C@H](C)Sc2nccn2-c2cc(C)cc(C)c2)CC1. The van der Waals surface area contributed by atoms with Crippen LogP contribution in [0.2, 0.25) is 0 Å². The van der Waals surface area contributed by atoms with Gasteiger partial charge in [0.25, 0.3) is 0 Å².